The summed E-state index contributed by atoms with van der Waals surface area (Å²) < 4.78 is 5.45. The molecule has 0 bridgehead atoms. The number of aliphatic hydroxyl groups excluding tert-OH is 1. The number of para-hydroxylation sites is 1. The molecule has 1 heterocycles. The van der Waals surface area contributed by atoms with Crippen molar-refractivity contribution in [1.29, 1.82) is 0 Å². The minimum atomic E-state index is -0.377. The van der Waals surface area contributed by atoms with Gasteiger partial charge in [-0.25, -0.2) is 0 Å². The van der Waals surface area contributed by atoms with E-state index in [1.807, 2.05) is 0 Å². The van der Waals surface area contributed by atoms with Gasteiger partial charge in [-0.1, -0.05) is 18.7 Å². The zero-order chi connectivity index (χ0) is 12.4. The van der Waals surface area contributed by atoms with E-state index >= 15 is 0 Å². The van der Waals surface area contributed by atoms with Crippen LogP contribution in [0.1, 0.15) is 12.8 Å². The molecule has 2 aromatic rings. The Morgan fingerprint density at radius 2 is 2.18 bits per heavy atom. The second kappa shape index (κ2) is 4.25. The molecule has 86 valence electrons. The summed E-state index contributed by atoms with van der Waals surface area (Å²) in [5, 5.41) is 9.92. The van der Waals surface area contributed by atoms with Crippen LogP contribution in [-0.4, -0.2) is 10.1 Å². The van der Waals surface area contributed by atoms with Gasteiger partial charge in [0.25, 0.3) is 5.56 Å². The number of aliphatic hydroxyl groups is 1. The number of benzene rings is 1. The fourth-order valence-corrected chi connectivity index (χ4v) is 1.43. The Morgan fingerprint density at radius 1 is 1.47 bits per heavy atom. The van der Waals surface area contributed by atoms with Gasteiger partial charge in [-0.05, 0) is 25.1 Å². The average Bonchev–Trinajstić information content (AvgIpc) is 2.37. The lowest BCUT2D eigenvalue weighted by atomic mass is 10.2. The average molecular weight is 229 g/mol. The van der Waals surface area contributed by atoms with E-state index in [1.165, 1.54) is 6.08 Å². The van der Waals surface area contributed by atoms with Gasteiger partial charge in [0.15, 0.2) is 0 Å². The molecule has 4 heteroatoms. The maximum absolute atomic E-state index is 11.7. The van der Waals surface area contributed by atoms with Crippen molar-refractivity contribution >= 4 is 16.5 Å². The number of aromatic nitrogens is 1. The first-order chi connectivity index (χ1) is 8.13. The molecule has 0 radical (unpaired) electrons. The number of hydrogen-bond acceptors (Lipinski definition) is 4. The monoisotopic (exact) mass is 229 g/mol. The third kappa shape index (κ3) is 1.97. The molecule has 0 spiro atoms. The lowest BCUT2D eigenvalue weighted by Crippen LogP contribution is -2.08. The summed E-state index contributed by atoms with van der Waals surface area (Å²) in [4.78, 5) is 15.5. The van der Waals surface area contributed by atoms with Gasteiger partial charge in [0, 0.05) is 0 Å². The van der Waals surface area contributed by atoms with Crippen LogP contribution in [0.5, 0.6) is 0 Å². The van der Waals surface area contributed by atoms with Crippen LogP contribution in [0.25, 0.3) is 16.5 Å². The van der Waals surface area contributed by atoms with Gasteiger partial charge in [0.1, 0.15) is 11.3 Å². The van der Waals surface area contributed by atoms with Crippen molar-refractivity contribution in [2.75, 3.05) is 0 Å². The fraction of sp³-hybridized carbons (Fsp3) is 0.0769. The van der Waals surface area contributed by atoms with E-state index in [0.717, 1.165) is 0 Å². The minimum Gasteiger partial charge on any atom is -0.508 e. The Bertz CT molecular complexity index is 668. The number of nitrogens with zero attached hydrogens (tertiary/aromatic N) is 1. The van der Waals surface area contributed by atoms with E-state index in [4.69, 9.17) is 4.42 Å². The minimum absolute atomic E-state index is 0.0593. The van der Waals surface area contributed by atoms with Crippen LogP contribution < -0.4 is 5.56 Å². The largest absolute Gasteiger partial charge is 0.508 e. The second-order valence-corrected chi connectivity index (χ2v) is 3.53. The zero-order valence-electron chi connectivity index (χ0n) is 9.30. The Labute approximate surface area is 97.5 Å². The van der Waals surface area contributed by atoms with Crippen molar-refractivity contribution in [3.8, 4) is 0 Å². The second-order valence-electron chi connectivity index (χ2n) is 3.53. The van der Waals surface area contributed by atoms with Crippen molar-refractivity contribution in [2.24, 2.45) is 0 Å². The highest BCUT2D eigenvalue weighted by Gasteiger charge is 2.09. The molecular formula is C13H11NO3. The van der Waals surface area contributed by atoms with Gasteiger partial charge in [0.05, 0.1) is 11.0 Å². The van der Waals surface area contributed by atoms with Crippen molar-refractivity contribution in [3.05, 3.63) is 58.9 Å². The predicted octanol–water partition coefficient (Wildman–Crippen LogP) is 2.66. The molecule has 0 saturated heterocycles. The fourth-order valence-electron chi connectivity index (χ4n) is 1.43. The maximum Gasteiger partial charge on any atom is 0.284 e. The number of allylic oxidation sites excluding steroid dienone is 2. The quantitative estimate of drug-likeness (QED) is 0.635. The molecule has 0 fully saturated rings. The topological polar surface area (TPSA) is 63.3 Å². The number of rotatable bonds is 2. The number of fused-ring (bicyclic) bond motifs is 1. The number of hydrogen-bond donors (Lipinski definition) is 1. The Morgan fingerprint density at radius 3 is 2.88 bits per heavy atom. The first-order valence-electron chi connectivity index (χ1n) is 5.06. The summed E-state index contributed by atoms with van der Waals surface area (Å²) >= 11 is 0. The molecule has 1 aromatic heterocycles. The van der Waals surface area contributed by atoms with Gasteiger partial charge in [-0.15, -0.1) is 0 Å². The Kier molecular flexibility index (Phi) is 2.78. The van der Waals surface area contributed by atoms with E-state index < -0.39 is 0 Å². The van der Waals surface area contributed by atoms with Crippen molar-refractivity contribution in [3.63, 3.8) is 0 Å². The molecule has 0 aliphatic rings. The molecule has 17 heavy (non-hydrogen) atoms. The lowest BCUT2D eigenvalue weighted by molar-refractivity contribution is 0.431. The SMILES string of the molecule is C=C/C(O)=C(\C)c1nc(=O)c2ccccc2o1. The third-order valence-corrected chi connectivity index (χ3v) is 2.43. The van der Waals surface area contributed by atoms with E-state index in [2.05, 4.69) is 11.6 Å². The highest BCUT2D eigenvalue weighted by atomic mass is 16.3. The molecule has 0 aliphatic heterocycles. The molecule has 1 N–H and O–H groups in total. The normalized spacial score (nSPS) is 12.3. The molecule has 0 atom stereocenters. The predicted molar refractivity (Wildman–Crippen MR) is 65.7 cm³/mol. The van der Waals surface area contributed by atoms with Crippen LogP contribution in [0.3, 0.4) is 0 Å². The molecule has 0 aliphatic carbocycles. The molecule has 0 amide bonds. The molecule has 2 rings (SSSR count). The molecular weight excluding hydrogens is 218 g/mol. The highest BCUT2D eigenvalue weighted by Crippen LogP contribution is 2.18. The summed E-state index contributed by atoms with van der Waals surface area (Å²) in [6.07, 6.45) is 1.27. The van der Waals surface area contributed by atoms with Gasteiger partial charge in [-0.2, -0.15) is 4.98 Å². The van der Waals surface area contributed by atoms with Crippen LogP contribution in [0.2, 0.25) is 0 Å². The van der Waals surface area contributed by atoms with Crippen molar-refractivity contribution in [1.82, 2.24) is 4.98 Å². The van der Waals surface area contributed by atoms with Crippen LogP contribution in [0, 0.1) is 0 Å². The lowest BCUT2D eigenvalue weighted by Gasteiger charge is -2.02. The summed E-state index contributed by atoms with van der Waals surface area (Å²) in [6, 6.07) is 6.83. The highest BCUT2D eigenvalue weighted by molar-refractivity contribution is 5.76. The molecule has 0 saturated carbocycles. The zero-order valence-corrected chi connectivity index (χ0v) is 9.30. The van der Waals surface area contributed by atoms with Crippen LogP contribution in [0.15, 0.2) is 51.9 Å². The Balaban J connectivity index is 2.74. The summed E-state index contributed by atoms with van der Waals surface area (Å²) in [5.41, 5.74) is 0.444. The van der Waals surface area contributed by atoms with Gasteiger partial charge in [-0.3, -0.25) is 4.79 Å². The third-order valence-electron chi connectivity index (χ3n) is 2.43. The van der Waals surface area contributed by atoms with Crippen molar-refractivity contribution < 1.29 is 9.52 Å². The molecule has 1 aromatic carbocycles. The Hall–Kier alpha value is -2.36. The first kappa shape index (κ1) is 11.1. The van der Waals surface area contributed by atoms with E-state index in [0.29, 0.717) is 16.5 Å². The van der Waals surface area contributed by atoms with Crippen molar-refractivity contribution in [2.45, 2.75) is 6.92 Å². The van der Waals surface area contributed by atoms with E-state index in [9.17, 15) is 9.90 Å². The summed E-state index contributed by atoms with van der Waals surface area (Å²) in [7, 11) is 0. The van der Waals surface area contributed by atoms with Gasteiger partial charge < -0.3 is 9.52 Å². The maximum atomic E-state index is 11.7. The van der Waals surface area contributed by atoms with Crippen LogP contribution in [-0.2, 0) is 0 Å². The van der Waals surface area contributed by atoms with Gasteiger partial charge >= 0.3 is 0 Å². The van der Waals surface area contributed by atoms with Crippen LogP contribution >= 0.6 is 0 Å². The summed E-state index contributed by atoms with van der Waals surface area (Å²) in [5.74, 6) is 0.0435. The first-order valence-corrected chi connectivity index (χ1v) is 5.06. The summed E-state index contributed by atoms with van der Waals surface area (Å²) in [6.45, 7) is 5.04. The molecule has 0 unspecified atom stereocenters. The van der Waals surface area contributed by atoms with E-state index in [1.54, 1.807) is 31.2 Å². The molecule has 4 nitrogen and oxygen atoms in total. The van der Waals surface area contributed by atoms with E-state index in [-0.39, 0.29) is 17.2 Å². The van der Waals surface area contributed by atoms with Crippen LogP contribution in [0.4, 0.5) is 0 Å². The standard InChI is InChI=1S/C13H11NO3/c1-3-10(15)8(2)13-14-12(16)9-6-4-5-7-11(9)17-13/h3-7,15H,1H2,2H3/b10-8-. The smallest absolute Gasteiger partial charge is 0.284 e. The van der Waals surface area contributed by atoms with Gasteiger partial charge in [0.2, 0.25) is 5.89 Å².